The molecule has 11 heavy (non-hydrogen) atoms. The molecular formula is C7H9N3O. The number of hydroxylamine groups is 1. The second-order valence-corrected chi connectivity index (χ2v) is 2.51. The average Bonchev–Trinajstić information content (AvgIpc) is 2.32. The van der Waals surface area contributed by atoms with Crippen LogP contribution in [0.5, 0.6) is 0 Å². The number of fused-ring (bicyclic) bond motifs is 1. The number of nitrogen functional groups attached to an aromatic ring is 1. The third kappa shape index (κ3) is 0.877. The highest BCUT2D eigenvalue weighted by Gasteiger charge is 2.15. The van der Waals surface area contributed by atoms with Crippen LogP contribution >= 0.6 is 0 Å². The van der Waals surface area contributed by atoms with Crippen molar-refractivity contribution < 1.29 is 5.21 Å². The van der Waals surface area contributed by atoms with Crippen LogP contribution < -0.4 is 16.1 Å². The largest absolute Gasteiger partial charge is 0.399 e. The van der Waals surface area contributed by atoms with Crippen molar-refractivity contribution in [1.82, 2.24) is 0 Å². The molecule has 0 saturated heterocycles. The maximum atomic E-state index is 9.20. The Hall–Kier alpha value is -1.42. The lowest BCUT2D eigenvalue weighted by Gasteiger charge is -2.06. The third-order valence-electron chi connectivity index (χ3n) is 1.72. The molecule has 0 spiro atoms. The van der Waals surface area contributed by atoms with Gasteiger partial charge in [0.15, 0.2) is 0 Å². The predicted octanol–water partition coefficient (Wildman–Crippen LogP) is 0.847. The quantitative estimate of drug-likeness (QED) is 0.481. The molecule has 1 aromatic rings. The van der Waals surface area contributed by atoms with Crippen molar-refractivity contribution in [3.05, 3.63) is 18.2 Å². The molecule has 4 nitrogen and oxygen atoms in total. The topological polar surface area (TPSA) is 61.5 Å². The minimum Gasteiger partial charge on any atom is -0.399 e. The van der Waals surface area contributed by atoms with Crippen LogP contribution in [-0.2, 0) is 0 Å². The van der Waals surface area contributed by atoms with E-state index in [1.165, 1.54) is 0 Å². The maximum Gasteiger partial charge on any atom is 0.114 e. The van der Waals surface area contributed by atoms with Crippen LogP contribution in [0.4, 0.5) is 17.1 Å². The maximum absolute atomic E-state index is 9.20. The number of nitrogens with one attached hydrogen (secondary N) is 1. The van der Waals surface area contributed by atoms with Crippen LogP contribution in [0.25, 0.3) is 0 Å². The molecule has 0 unspecified atom stereocenters. The summed E-state index contributed by atoms with van der Waals surface area (Å²) < 4.78 is 0. The fraction of sp³-hybridized carbons (Fsp3) is 0.143. The van der Waals surface area contributed by atoms with Crippen molar-refractivity contribution in [3.63, 3.8) is 0 Å². The van der Waals surface area contributed by atoms with Gasteiger partial charge >= 0.3 is 0 Å². The molecule has 4 heteroatoms. The van der Waals surface area contributed by atoms with Crippen LogP contribution in [0.1, 0.15) is 0 Å². The first kappa shape index (κ1) is 6.30. The molecule has 0 radical (unpaired) electrons. The van der Waals surface area contributed by atoms with Crippen LogP contribution in [-0.4, -0.2) is 11.9 Å². The van der Waals surface area contributed by atoms with Gasteiger partial charge in [-0.3, -0.25) is 5.21 Å². The third-order valence-corrected chi connectivity index (χ3v) is 1.72. The zero-order chi connectivity index (χ0) is 7.84. The van der Waals surface area contributed by atoms with Crippen LogP contribution in [0, 0.1) is 0 Å². The van der Waals surface area contributed by atoms with Gasteiger partial charge in [-0.05, 0) is 18.2 Å². The van der Waals surface area contributed by atoms with Crippen molar-refractivity contribution in [2.45, 2.75) is 0 Å². The van der Waals surface area contributed by atoms with Crippen LogP contribution in [0.3, 0.4) is 0 Å². The Labute approximate surface area is 64.2 Å². The van der Waals surface area contributed by atoms with Crippen molar-refractivity contribution in [3.8, 4) is 0 Å². The van der Waals surface area contributed by atoms with Crippen molar-refractivity contribution in [2.75, 3.05) is 22.8 Å². The van der Waals surface area contributed by atoms with E-state index < -0.39 is 0 Å². The Kier molecular flexibility index (Phi) is 1.16. The SMILES string of the molecule is Nc1ccc2c(c1)NCN2O. The molecule has 0 atom stereocenters. The molecule has 2 rings (SSSR count). The van der Waals surface area contributed by atoms with E-state index in [-0.39, 0.29) is 0 Å². The highest BCUT2D eigenvalue weighted by atomic mass is 16.5. The van der Waals surface area contributed by atoms with Gasteiger partial charge in [0.1, 0.15) is 6.67 Å². The summed E-state index contributed by atoms with van der Waals surface area (Å²) in [5.74, 6) is 0. The summed E-state index contributed by atoms with van der Waals surface area (Å²) in [5.41, 5.74) is 7.90. The number of nitrogens with zero attached hydrogens (tertiary/aromatic N) is 1. The molecule has 1 aromatic carbocycles. The molecular weight excluding hydrogens is 142 g/mol. The Morgan fingerprint density at radius 3 is 3.18 bits per heavy atom. The molecule has 0 saturated carbocycles. The Morgan fingerprint density at radius 1 is 1.55 bits per heavy atom. The van der Waals surface area contributed by atoms with Gasteiger partial charge in [-0.2, -0.15) is 0 Å². The fourth-order valence-corrected chi connectivity index (χ4v) is 1.17. The summed E-state index contributed by atoms with van der Waals surface area (Å²) >= 11 is 0. The normalized spacial score (nSPS) is 14.5. The van der Waals surface area contributed by atoms with Crippen molar-refractivity contribution in [1.29, 1.82) is 0 Å². The summed E-state index contributed by atoms with van der Waals surface area (Å²) in [6.07, 6.45) is 0. The number of rotatable bonds is 0. The lowest BCUT2D eigenvalue weighted by molar-refractivity contribution is 0.268. The van der Waals surface area contributed by atoms with Crippen LogP contribution in [0.15, 0.2) is 18.2 Å². The number of hydrogen-bond donors (Lipinski definition) is 3. The lowest BCUT2D eigenvalue weighted by Crippen LogP contribution is -2.16. The van der Waals surface area contributed by atoms with E-state index in [2.05, 4.69) is 5.32 Å². The second-order valence-electron chi connectivity index (χ2n) is 2.51. The molecule has 0 aromatic heterocycles. The monoisotopic (exact) mass is 151 g/mol. The fourth-order valence-electron chi connectivity index (χ4n) is 1.17. The standard InChI is InChI=1S/C7H9N3O/c8-5-1-2-7-6(3-5)9-4-10(7)11/h1-3,9,11H,4,8H2. The minimum atomic E-state index is 0.429. The van der Waals surface area contributed by atoms with Gasteiger partial charge in [-0.1, -0.05) is 0 Å². The average molecular weight is 151 g/mol. The van der Waals surface area contributed by atoms with Crippen molar-refractivity contribution in [2.24, 2.45) is 0 Å². The summed E-state index contributed by atoms with van der Waals surface area (Å²) in [6.45, 7) is 0.429. The zero-order valence-corrected chi connectivity index (χ0v) is 5.91. The Bertz CT molecular complexity index is 287. The van der Waals surface area contributed by atoms with Gasteiger partial charge in [-0.25, -0.2) is 5.06 Å². The second kappa shape index (κ2) is 2.03. The molecule has 1 aliphatic heterocycles. The minimum absolute atomic E-state index is 0.429. The summed E-state index contributed by atoms with van der Waals surface area (Å²) in [5, 5.41) is 13.3. The zero-order valence-electron chi connectivity index (χ0n) is 5.91. The number of nitrogens with two attached hydrogens (primary N) is 1. The molecule has 0 fully saturated rings. The number of benzene rings is 1. The van der Waals surface area contributed by atoms with Gasteiger partial charge in [-0.15, -0.1) is 0 Å². The molecule has 58 valence electrons. The van der Waals surface area contributed by atoms with E-state index in [0.717, 1.165) is 16.4 Å². The Morgan fingerprint density at radius 2 is 2.36 bits per heavy atom. The first-order valence-corrected chi connectivity index (χ1v) is 3.37. The molecule has 4 N–H and O–H groups in total. The predicted molar refractivity (Wildman–Crippen MR) is 43.6 cm³/mol. The van der Waals surface area contributed by atoms with Crippen molar-refractivity contribution >= 4 is 17.1 Å². The van der Waals surface area contributed by atoms with E-state index in [1.54, 1.807) is 18.2 Å². The van der Waals surface area contributed by atoms with Gasteiger partial charge in [0.25, 0.3) is 0 Å². The lowest BCUT2D eigenvalue weighted by atomic mass is 10.2. The van der Waals surface area contributed by atoms with Gasteiger partial charge in [0.2, 0.25) is 0 Å². The molecule has 0 amide bonds. The first-order valence-electron chi connectivity index (χ1n) is 3.37. The molecule has 1 aliphatic rings. The van der Waals surface area contributed by atoms with E-state index in [0.29, 0.717) is 12.4 Å². The van der Waals surface area contributed by atoms with Gasteiger partial charge in [0, 0.05) is 5.69 Å². The van der Waals surface area contributed by atoms with E-state index in [1.807, 2.05) is 0 Å². The Balaban J connectivity index is 2.50. The highest BCUT2D eigenvalue weighted by molar-refractivity contribution is 5.76. The highest BCUT2D eigenvalue weighted by Crippen LogP contribution is 2.31. The van der Waals surface area contributed by atoms with E-state index >= 15 is 0 Å². The first-order chi connectivity index (χ1) is 5.27. The van der Waals surface area contributed by atoms with Crippen LogP contribution in [0.2, 0.25) is 0 Å². The van der Waals surface area contributed by atoms with Gasteiger partial charge < -0.3 is 11.1 Å². The summed E-state index contributed by atoms with van der Waals surface area (Å²) in [7, 11) is 0. The van der Waals surface area contributed by atoms with Gasteiger partial charge in [0.05, 0.1) is 11.4 Å². The summed E-state index contributed by atoms with van der Waals surface area (Å²) in [4.78, 5) is 0. The number of anilines is 3. The smallest absolute Gasteiger partial charge is 0.114 e. The van der Waals surface area contributed by atoms with E-state index in [4.69, 9.17) is 5.73 Å². The number of hydrogen-bond acceptors (Lipinski definition) is 4. The van der Waals surface area contributed by atoms with E-state index in [9.17, 15) is 5.21 Å². The molecule has 0 aliphatic carbocycles. The molecule has 0 bridgehead atoms. The molecule has 1 heterocycles. The summed E-state index contributed by atoms with van der Waals surface area (Å²) in [6, 6.07) is 5.34.